The van der Waals surface area contributed by atoms with Crippen molar-refractivity contribution < 1.29 is 23.9 Å². The molecular weight excluding hydrogens is 461 g/mol. The molecule has 35 heavy (non-hydrogen) atoms. The quantitative estimate of drug-likeness (QED) is 0.432. The number of halogens is 1. The average Bonchev–Trinajstić information content (AvgIpc) is 2.83. The van der Waals surface area contributed by atoms with E-state index in [4.69, 9.17) is 9.84 Å². The van der Waals surface area contributed by atoms with Gasteiger partial charge in [-0.3, -0.25) is 14.4 Å². The number of nitrogens with zero attached hydrogens (tertiary/aromatic N) is 4. The number of benzene rings is 2. The van der Waals surface area contributed by atoms with E-state index in [9.17, 15) is 18.8 Å². The molecule has 0 atom stereocenters. The third kappa shape index (κ3) is 5.68. The first-order valence-corrected chi connectivity index (χ1v) is 10.2. The number of aryl methyl sites for hydroxylation is 1. The van der Waals surface area contributed by atoms with Gasteiger partial charge in [0.1, 0.15) is 11.6 Å². The first-order chi connectivity index (χ1) is 16.8. The van der Waals surface area contributed by atoms with Crippen LogP contribution in [0.1, 0.15) is 11.1 Å². The lowest BCUT2D eigenvalue weighted by molar-refractivity contribution is 0.0684. The van der Waals surface area contributed by atoms with Gasteiger partial charge < -0.3 is 9.84 Å². The van der Waals surface area contributed by atoms with Gasteiger partial charge in [0.2, 0.25) is 11.5 Å². The predicted molar refractivity (Wildman–Crippen MR) is 120 cm³/mol. The van der Waals surface area contributed by atoms with Crippen LogP contribution in [0, 0.1) is 12.7 Å². The van der Waals surface area contributed by atoms with Crippen LogP contribution in [0.4, 0.5) is 14.9 Å². The number of aromatic nitrogens is 4. The highest BCUT2D eigenvalue weighted by Gasteiger charge is 2.13. The zero-order valence-corrected chi connectivity index (χ0v) is 18.2. The van der Waals surface area contributed by atoms with Crippen molar-refractivity contribution in [1.82, 2.24) is 19.3 Å². The molecule has 12 heteroatoms. The summed E-state index contributed by atoms with van der Waals surface area (Å²) >= 11 is 0. The first kappa shape index (κ1) is 23.2. The molecule has 0 fully saturated rings. The normalized spacial score (nSPS) is 11.3. The molecule has 0 saturated heterocycles. The van der Waals surface area contributed by atoms with Gasteiger partial charge in [-0.25, -0.2) is 28.8 Å². The summed E-state index contributed by atoms with van der Waals surface area (Å²) in [5, 5.41) is 8.87. The van der Waals surface area contributed by atoms with Crippen molar-refractivity contribution in [3.8, 4) is 11.6 Å². The summed E-state index contributed by atoms with van der Waals surface area (Å²) in [6, 6.07) is 16.1. The number of ether oxygens (including phenoxy) is 1. The number of carbonyl (C=O) groups is 1. The maximum Gasteiger partial charge on any atom is 0.531 e. The molecule has 2 heterocycles. The van der Waals surface area contributed by atoms with E-state index in [1.165, 1.54) is 12.1 Å². The minimum atomic E-state index is -1.82. The number of hydrogen-bond acceptors (Lipinski definition) is 7. The summed E-state index contributed by atoms with van der Waals surface area (Å²) in [6.07, 6.45) is -0.797. The molecule has 2 N–H and O–H groups in total. The fourth-order valence-corrected chi connectivity index (χ4v) is 3.02. The lowest BCUT2D eigenvalue weighted by Gasteiger charge is -2.10. The molecule has 2 aromatic heterocycles. The second-order valence-corrected chi connectivity index (χ2v) is 7.28. The third-order valence-electron chi connectivity index (χ3n) is 4.69. The lowest BCUT2D eigenvalue weighted by Crippen LogP contribution is -2.53. The van der Waals surface area contributed by atoms with Crippen molar-refractivity contribution in [3.63, 3.8) is 0 Å². The minimum Gasteiger partial charge on any atom is -0.448 e. The molecule has 0 aliphatic rings. The Balaban J connectivity index is 1.72. The lowest BCUT2D eigenvalue weighted by atomic mass is 10.1. The maximum absolute atomic E-state index is 13.0. The molecule has 0 unspecified atom stereocenters. The van der Waals surface area contributed by atoms with Gasteiger partial charge in [-0.05, 0) is 42.8 Å². The zero-order valence-electron chi connectivity index (χ0n) is 18.2. The van der Waals surface area contributed by atoms with Gasteiger partial charge in [-0.1, -0.05) is 34.6 Å². The summed E-state index contributed by atoms with van der Waals surface area (Å²) < 4.78 is 19.7. The van der Waals surface area contributed by atoms with E-state index < -0.39 is 23.4 Å². The highest BCUT2D eigenvalue weighted by Crippen LogP contribution is 2.22. The van der Waals surface area contributed by atoms with Crippen molar-refractivity contribution >= 4 is 11.8 Å². The van der Waals surface area contributed by atoms with E-state index in [2.05, 4.69) is 19.8 Å². The minimum absolute atomic E-state index is 0.0187. The standard InChI is InChI=1S/C23H18FN5O6/c1-14-2-4-15(5-3-14)13-28-20(27-21(30)29(22(28)31)35-23(32)33)26-17-7-9-18(10-8-17)34-19-11-6-16(24)12-25-19/h2-12H,13H2,1H3,(H,32,33)(H,26,27,30). The molecule has 0 bridgehead atoms. The summed E-state index contributed by atoms with van der Waals surface area (Å²) in [6.45, 7) is 1.89. The van der Waals surface area contributed by atoms with E-state index in [1.807, 2.05) is 19.1 Å². The molecule has 0 amide bonds. The molecule has 0 radical (unpaired) electrons. The SMILES string of the molecule is Cc1ccc(Cn2c(=O)n(OC(=O)O)c(=O)[nH]/c2=N\c2ccc(Oc3ccc(F)cn3)cc2)cc1. The van der Waals surface area contributed by atoms with Crippen molar-refractivity contribution in [3.05, 3.63) is 110 Å². The number of H-pyrrole nitrogens is 1. The molecule has 2 aromatic carbocycles. The number of hydrogen-bond donors (Lipinski definition) is 2. The molecule has 4 rings (SSSR count). The van der Waals surface area contributed by atoms with Crippen LogP contribution in [0.25, 0.3) is 0 Å². The van der Waals surface area contributed by atoms with Crippen LogP contribution in [-0.4, -0.2) is 30.5 Å². The Morgan fingerprint density at radius 1 is 1.09 bits per heavy atom. The van der Waals surface area contributed by atoms with Gasteiger partial charge in [0.15, 0.2) is 0 Å². The van der Waals surface area contributed by atoms with E-state index in [1.54, 1.807) is 36.4 Å². The Morgan fingerprint density at radius 3 is 2.43 bits per heavy atom. The van der Waals surface area contributed by atoms with E-state index in [0.29, 0.717) is 17.0 Å². The Hall–Kier alpha value is -5.00. The largest absolute Gasteiger partial charge is 0.531 e. The van der Waals surface area contributed by atoms with Gasteiger partial charge >= 0.3 is 17.5 Å². The Kier molecular flexibility index (Phi) is 6.53. The van der Waals surface area contributed by atoms with Crippen LogP contribution in [0.2, 0.25) is 0 Å². The van der Waals surface area contributed by atoms with Crippen LogP contribution in [0.15, 0.2) is 81.4 Å². The van der Waals surface area contributed by atoms with Crippen LogP contribution in [0.5, 0.6) is 11.6 Å². The molecule has 4 aromatic rings. The number of carboxylic acid groups (broad SMARTS) is 1. The number of nitrogens with one attached hydrogen (secondary N) is 1. The molecule has 0 aliphatic carbocycles. The first-order valence-electron chi connectivity index (χ1n) is 10.2. The zero-order chi connectivity index (χ0) is 24.9. The van der Waals surface area contributed by atoms with Crippen molar-refractivity contribution in [2.45, 2.75) is 13.5 Å². The average molecular weight is 479 g/mol. The van der Waals surface area contributed by atoms with Crippen LogP contribution in [-0.2, 0) is 6.54 Å². The monoisotopic (exact) mass is 479 g/mol. The van der Waals surface area contributed by atoms with E-state index >= 15 is 0 Å². The number of pyridine rings is 1. The van der Waals surface area contributed by atoms with Crippen molar-refractivity contribution in [2.75, 3.05) is 0 Å². The van der Waals surface area contributed by atoms with Gasteiger partial charge in [0.05, 0.1) is 18.4 Å². The van der Waals surface area contributed by atoms with Crippen LogP contribution in [0.3, 0.4) is 0 Å². The summed E-state index contributed by atoms with van der Waals surface area (Å²) in [5.74, 6) is 0.0999. The molecule has 178 valence electrons. The van der Waals surface area contributed by atoms with Gasteiger partial charge in [-0.15, -0.1) is 0 Å². The third-order valence-corrected chi connectivity index (χ3v) is 4.69. The van der Waals surface area contributed by atoms with E-state index in [-0.39, 0.29) is 22.8 Å². The maximum atomic E-state index is 13.0. The second-order valence-electron chi connectivity index (χ2n) is 7.28. The van der Waals surface area contributed by atoms with Crippen LogP contribution >= 0.6 is 0 Å². The Morgan fingerprint density at radius 2 is 1.80 bits per heavy atom. The van der Waals surface area contributed by atoms with Gasteiger partial charge in [-0.2, -0.15) is 0 Å². The van der Waals surface area contributed by atoms with Gasteiger partial charge in [0.25, 0.3) is 0 Å². The molecule has 11 nitrogen and oxygen atoms in total. The van der Waals surface area contributed by atoms with E-state index in [0.717, 1.165) is 16.3 Å². The van der Waals surface area contributed by atoms with Gasteiger partial charge in [0, 0.05) is 6.07 Å². The topological polar surface area (TPSA) is 141 Å². The second kappa shape index (κ2) is 9.87. The fraction of sp³-hybridized carbons (Fsp3) is 0.0870. The highest BCUT2D eigenvalue weighted by molar-refractivity contribution is 5.57. The van der Waals surface area contributed by atoms with Crippen molar-refractivity contribution in [2.24, 2.45) is 4.99 Å². The molecule has 0 spiro atoms. The summed E-state index contributed by atoms with van der Waals surface area (Å²) in [4.78, 5) is 51.0. The summed E-state index contributed by atoms with van der Waals surface area (Å²) in [7, 11) is 0. The molecule has 0 saturated carbocycles. The summed E-state index contributed by atoms with van der Waals surface area (Å²) in [5.41, 5.74) is -0.196. The highest BCUT2D eigenvalue weighted by atomic mass is 19.1. The predicted octanol–water partition coefficient (Wildman–Crippen LogP) is 2.36. The Labute approximate surface area is 196 Å². The van der Waals surface area contributed by atoms with Crippen LogP contribution < -0.4 is 26.6 Å². The number of rotatable bonds is 6. The Bertz CT molecular complexity index is 1540. The van der Waals surface area contributed by atoms with Crippen molar-refractivity contribution in [1.29, 1.82) is 0 Å². The smallest absolute Gasteiger partial charge is 0.448 e. The molecule has 0 aliphatic heterocycles. The molecular formula is C23H18FN5O6. The fourth-order valence-electron chi connectivity index (χ4n) is 3.02. The number of aromatic amines is 1.